The van der Waals surface area contributed by atoms with E-state index in [0.717, 1.165) is 5.56 Å². The second-order valence-corrected chi connectivity index (χ2v) is 7.97. The Morgan fingerprint density at radius 3 is 1.82 bits per heavy atom. The van der Waals surface area contributed by atoms with E-state index in [0.29, 0.717) is 22.3 Å². The van der Waals surface area contributed by atoms with Gasteiger partial charge in [-0.25, -0.2) is 9.59 Å². The molecule has 3 atom stereocenters. The maximum absolute atomic E-state index is 14.1. The highest BCUT2D eigenvalue weighted by Gasteiger charge is 2.55. The number of carbonyl (C=O) groups excluding carboxylic acids is 3. The van der Waals surface area contributed by atoms with Crippen LogP contribution in [-0.2, 0) is 19.8 Å². The number of ether oxygens (including phenoxy) is 3. The van der Waals surface area contributed by atoms with Gasteiger partial charge in [-0.2, -0.15) is 0 Å². The van der Waals surface area contributed by atoms with Crippen molar-refractivity contribution in [3.05, 3.63) is 107 Å². The van der Waals surface area contributed by atoms with Crippen molar-refractivity contribution in [2.24, 2.45) is 0 Å². The largest absolute Gasteiger partial charge is 0.465 e. The lowest BCUT2D eigenvalue weighted by atomic mass is 9.73. The number of Topliss-reactive ketones (excluding diaryl/α,β-unsaturated/α-hetero) is 1. The first-order valence-corrected chi connectivity index (χ1v) is 10.7. The molecule has 1 heterocycles. The molecule has 34 heavy (non-hydrogen) atoms. The Morgan fingerprint density at radius 2 is 1.29 bits per heavy atom. The number of aliphatic hydroxyl groups excluding tert-OH is 1. The van der Waals surface area contributed by atoms with E-state index in [4.69, 9.17) is 14.2 Å². The molecule has 7 nitrogen and oxygen atoms in total. The minimum absolute atomic E-state index is 0.203. The SMILES string of the molecule is COC(=O)c1ccc(C(=O)[C@@]2(c3ccc(C(=O)OC)cc3)O[C@H](O)C[C@H]2c2ccccc2)cc1. The average Bonchev–Trinajstić information content (AvgIpc) is 3.26. The fourth-order valence-corrected chi connectivity index (χ4v) is 4.44. The van der Waals surface area contributed by atoms with E-state index < -0.39 is 29.7 Å². The van der Waals surface area contributed by atoms with Crippen molar-refractivity contribution in [1.29, 1.82) is 0 Å². The van der Waals surface area contributed by atoms with E-state index in [1.165, 1.54) is 38.5 Å². The smallest absolute Gasteiger partial charge is 0.337 e. The van der Waals surface area contributed by atoms with Gasteiger partial charge in [-0.15, -0.1) is 0 Å². The van der Waals surface area contributed by atoms with Crippen LogP contribution in [0, 0.1) is 0 Å². The molecule has 3 aromatic carbocycles. The van der Waals surface area contributed by atoms with E-state index in [1.807, 2.05) is 30.3 Å². The van der Waals surface area contributed by atoms with Crippen LogP contribution in [0.5, 0.6) is 0 Å². The minimum Gasteiger partial charge on any atom is -0.465 e. The summed E-state index contributed by atoms with van der Waals surface area (Å²) in [5.41, 5.74) is 0.707. The van der Waals surface area contributed by atoms with E-state index in [-0.39, 0.29) is 12.2 Å². The highest BCUT2D eigenvalue weighted by Crippen LogP contribution is 2.51. The summed E-state index contributed by atoms with van der Waals surface area (Å²) in [6, 6.07) is 21.9. The molecular formula is C27H24O7. The lowest BCUT2D eigenvalue weighted by Crippen LogP contribution is -2.41. The van der Waals surface area contributed by atoms with Gasteiger partial charge in [0, 0.05) is 17.9 Å². The monoisotopic (exact) mass is 460 g/mol. The second kappa shape index (κ2) is 9.59. The summed E-state index contributed by atoms with van der Waals surface area (Å²) in [6.45, 7) is 0. The molecular weight excluding hydrogens is 436 g/mol. The van der Waals surface area contributed by atoms with Gasteiger partial charge in [0.1, 0.15) is 0 Å². The lowest BCUT2D eigenvalue weighted by Gasteiger charge is -2.34. The van der Waals surface area contributed by atoms with Crippen LogP contribution in [0.1, 0.15) is 54.5 Å². The molecule has 1 N–H and O–H groups in total. The molecule has 1 aliphatic heterocycles. The van der Waals surface area contributed by atoms with Crippen LogP contribution in [0.25, 0.3) is 0 Å². The second-order valence-electron chi connectivity index (χ2n) is 7.97. The number of esters is 2. The van der Waals surface area contributed by atoms with Crippen LogP contribution in [0.4, 0.5) is 0 Å². The highest BCUT2D eigenvalue weighted by molar-refractivity contribution is 6.05. The van der Waals surface area contributed by atoms with Gasteiger partial charge in [-0.3, -0.25) is 4.79 Å². The summed E-state index contributed by atoms with van der Waals surface area (Å²) in [5.74, 6) is -1.89. The summed E-state index contributed by atoms with van der Waals surface area (Å²) in [5, 5.41) is 10.6. The topological polar surface area (TPSA) is 99.1 Å². The third kappa shape index (κ3) is 4.11. The van der Waals surface area contributed by atoms with Crippen molar-refractivity contribution < 1.29 is 33.7 Å². The Bertz CT molecular complexity index is 1190. The van der Waals surface area contributed by atoms with Crippen molar-refractivity contribution in [2.75, 3.05) is 14.2 Å². The van der Waals surface area contributed by atoms with Gasteiger partial charge >= 0.3 is 11.9 Å². The first-order chi connectivity index (χ1) is 16.4. The van der Waals surface area contributed by atoms with Crippen LogP contribution in [0.15, 0.2) is 78.9 Å². The van der Waals surface area contributed by atoms with Crippen molar-refractivity contribution in [3.63, 3.8) is 0 Å². The molecule has 0 aliphatic carbocycles. The molecule has 1 aliphatic rings. The minimum atomic E-state index is -1.55. The molecule has 0 bridgehead atoms. The zero-order valence-corrected chi connectivity index (χ0v) is 18.8. The third-order valence-corrected chi connectivity index (χ3v) is 6.09. The molecule has 0 aromatic heterocycles. The molecule has 0 amide bonds. The summed E-state index contributed by atoms with van der Waals surface area (Å²) in [6.07, 6.45) is -0.974. The molecule has 1 fully saturated rings. The maximum atomic E-state index is 14.1. The van der Waals surface area contributed by atoms with Gasteiger partial charge < -0.3 is 19.3 Å². The Morgan fingerprint density at radius 1 is 0.794 bits per heavy atom. The molecule has 0 unspecified atom stereocenters. The van der Waals surface area contributed by atoms with E-state index in [1.54, 1.807) is 24.3 Å². The van der Waals surface area contributed by atoms with Gasteiger partial charge in [0.2, 0.25) is 0 Å². The third-order valence-electron chi connectivity index (χ3n) is 6.09. The highest BCUT2D eigenvalue weighted by atomic mass is 16.6. The van der Waals surface area contributed by atoms with E-state index in [2.05, 4.69) is 0 Å². The molecule has 174 valence electrons. The number of hydrogen-bond donors (Lipinski definition) is 1. The van der Waals surface area contributed by atoms with Gasteiger partial charge in [-0.1, -0.05) is 54.6 Å². The first-order valence-electron chi connectivity index (χ1n) is 10.7. The van der Waals surface area contributed by atoms with Crippen molar-refractivity contribution in [1.82, 2.24) is 0 Å². The number of methoxy groups -OCH3 is 2. The summed E-state index contributed by atoms with van der Waals surface area (Å²) < 4.78 is 15.6. The van der Waals surface area contributed by atoms with Crippen LogP contribution in [0.3, 0.4) is 0 Å². The Labute approximate surface area is 196 Å². The van der Waals surface area contributed by atoms with Crippen LogP contribution >= 0.6 is 0 Å². The molecule has 0 spiro atoms. The number of rotatable bonds is 6. The maximum Gasteiger partial charge on any atom is 0.337 e. The first kappa shape index (κ1) is 23.4. The summed E-state index contributed by atoms with van der Waals surface area (Å²) in [4.78, 5) is 37.8. The number of carbonyl (C=O) groups is 3. The van der Waals surface area contributed by atoms with Gasteiger partial charge in [0.15, 0.2) is 17.7 Å². The zero-order chi connectivity index (χ0) is 24.3. The quantitative estimate of drug-likeness (QED) is 0.440. The van der Waals surface area contributed by atoms with Crippen LogP contribution in [0.2, 0.25) is 0 Å². The predicted octanol–water partition coefficient (Wildman–Crippen LogP) is 3.86. The Kier molecular flexibility index (Phi) is 6.58. The van der Waals surface area contributed by atoms with Crippen LogP contribution < -0.4 is 0 Å². The number of hydrogen-bond acceptors (Lipinski definition) is 7. The summed E-state index contributed by atoms with van der Waals surface area (Å²) in [7, 11) is 2.58. The molecule has 0 saturated carbocycles. The Balaban J connectivity index is 1.85. The number of ketones is 1. The van der Waals surface area contributed by atoms with Crippen LogP contribution in [-0.4, -0.2) is 43.3 Å². The van der Waals surface area contributed by atoms with Gasteiger partial charge in [0.25, 0.3) is 0 Å². The van der Waals surface area contributed by atoms with E-state index in [9.17, 15) is 19.5 Å². The van der Waals surface area contributed by atoms with Crippen molar-refractivity contribution in [3.8, 4) is 0 Å². The van der Waals surface area contributed by atoms with Gasteiger partial charge in [-0.05, 0) is 35.4 Å². The molecule has 7 heteroatoms. The number of aliphatic hydroxyl groups is 1. The predicted molar refractivity (Wildman–Crippen MR) is 122 cm³/mol. The fourth-order valence-electron chi connectivity index (χ4n) is 4.44. The number of benzene rings is 3. The molecule has 3 aromatic rings. The van der Waals surface area contributed by atoms with E-state index >= 15 is 0 Å². The molecule has 0 radical (unpaired) electrons. The lowest BCUT2D eigenvalue weighted by molar-refractivity contribution is -0.125. The fraction of sp³-hybridized carbons (Fsp3) is 0.222. The molecule has 1 saturated heterocycles. The standard InChI is InChI=1S/C27H24O7/c1-32-25(30)19-10-8-18(9-11-19)24(29)27(21-14-12-20(13-15-21)26(31)33-2)22(16-23(28)34-27)17-6-4-3-5-7-17/h3-15,22-23,28H,16H2,1-2H3/t22-,23-,27-/m0/s1. The zero-order valence-electron chi connectivity index (χ0n) is 18.8. The van der Waals surface area contributed by atoms with Crippen molar-refractivity contribution >= 4 is 17.7 Å². The van der Waals surface area contributed by atoms with Gasteiger partial charge in [0.05, 0.1) is 25.3 Å². The Hall–Kier alpha value is -3.81. The normalized spacial score (nSPS) is 21.6. The van der Waals surface area contributed by atoms with Crippen molar-refractivity contribution in [2.45, 2.75) is 24.2 Å². The molecule has 4 rings (SSSR count). The average molecular weight is 460 g/mol. The summed E-state index contributed by atoms with van der Waals surface area (Å²) >= 11 is 0.